The highest BCUT2D eigenvalue weighted by Crippen LogP contribution is 2.23. The largest absolute Gasteiger partial charge is 0.478 e. The Balaban J connectivity index is 2.64. The summed E-state index contributed by atoms with van der Waals surface area (Å²) in [5, 5.41) is 2.93. The van der Waals surface area contributed by atoms with Crippen LogP contribution >= 0.6 is 0 Å². The van der Waals surface area contributed by atoms with Gasteiger partial charge in [-0.15, -0.1) is 0 Å². The molecule has 1 aromatic rings. The van der Waals surface area contributed by atoms with Crippen molar-refractivity contribution in [3.8, 4) is 5.88 Å². The molecule has 0 aliphatic heterocycles. The Labute approximate surface area is 152 Å². The number of nitrogens with zero attached hydrogens (tertiary/aromatic N) is 1. The third-order valence-electron chi connectivity index (χ3n) is 4.10. The predicted octanol–water partition coefficient (Wildman–Crippen LogP) is 4.96. The maximum absolute atomic E-state index is 12.7. The molecule has 1 aromatic heterocycles. The van der Waals surface area contributed by atoms with Gasteiger partial charge in [-0.25, -0.2) is 4.98 Å². The number of nitrogens with one attached hydrogen (secondary N) is 1. The van der Waals surface area contributed by atoms with Crippen molar-refractivity contribution in [2.45, 2.75) is 78.2 Å². The molecule has 0 bridgehead atoms. The van der Waals surface area contributed by atoms with Gasteiger partial charge in [0.05, 0.1) is 18.5 Å². The molecule has 5 nitrogen and oxygen atoms in total. The number of rotatable bonds is 13. The van der Waals surface area contributed by atoms with Gasteiger partial charge in [0, 0.05) is 12.7 Å². The van der Waals surface area contributed by atoms with Crippen LogP contribution in [-0.2, 0) is 9.53 Å². The molecule has 0 unspecified atom stereocenters. The average Bonchev–Trinajstić information content (AvgIpc) is 2.62. The molecule has 5 heteroatoms. The van der Waals surface area contributed by atoms with Crippen molar-refractivity contribution >= 4 is 11.6 Å². The highest BCUT2D eigenvalue weighted by atomic mass is 16.5. The first kappa shape index (κ1) is 21.4. The number of carbonyl (C=O) groups is 1. The quantitative estimate of drug-likeness (QED) is 0.511. The van der Waals surface area contributed by atoms with Crippen molar-refractivity contribution in [2.75, 3.05) is 18.5 Å². The van der Waals surface area contributed by atoms with E-state index in [1.165, 1.54) is 0 Å². The van der Waals surface area contributed by atoms with Gasteiger partial charge in [-0.05, 0) is 32.3 Å². The number of aromatic nitrogens is 1. The Hall–Kier alpha value is -1.62. The summed E-state index contributed by atoms with van der Waals surface area (Å²) in [7, 11) is 0. The minimum Gasteiger partial charge on any atom is -0.478 e. The van der Waals surface area contributed by atoms with Crippen LogP contribution in [0.25, 0.3) is 0 Å². The van der Waals surface area contributed by atoms with Gasteiger partial charge in [0.2, 0.25) is 5.88 Å². The molecule has 0 aromatic carbocycles. The number of unbranched alkanes of at least 4 members (excludes halogenated alkanes) is 3. The van der Waals surface area contributed by atoms with E-state index in [0.717, 1.165) is 44.9 Å². The van der Waals surface area contributed by atoms with Crippen LogP contribution in [0.3, 0.4) is 0 Å². The Bertz CT molecular complexity index is 490. The van der Waals surface area contributed by atoms with E-state index in [4.69, 9.17) is 9.47 Å². The minimum absolute atomic E-state index is 0.112. The second-order valence-electron chi connectivity index (χ2n) is 6.58. The molecule has 0 aliphatic carbocycles. The van der Waals surface area contributed by atoms with Gasteiger partial charge in [-0.2, -0.15) is 0 Å². The van der Waals surface area contributed by atoms with Crippen LogP contribution in [0.1, 0.15) is 72.6 Å². The minimum atomic E-state index is -0.804. The third-order valence-corrected chi connectivity index (χ3v) is 4.10. The summed E-state index contributed by atoms with van der Waals surface area (Å²) >= 11 is 0. The number of ether oxygens (including phenoxy) is 2. The van der Waals surface area contributed by atoms with E-state index in [-0.39, 0.29) is 5.91 Å². The van der Waals surface area contributed by atoms with Gasteiger partial charge in [0.25, 0.3) is 5.91 Å². The third kappa shape index (κ3) is 7.86. The molecule has 0 fully saturated rings. The van der Waals surface area contributed by atoms with Crippen LogP contribution in [-0.4, -0.2) is 29.7 Å². The van der Waals surface area contributed by atoms with Gasteiger partial charge in [-0.3, -0.25) is 4.79 Å². The maximum atomic E-state index is 12.7. The highest BCUT2D eigenvalue weighted by molar-refractivity contribution is 5.96. The van der Waals surface area contributed by atoms with E-state index < -0.39 is 5.60 Å². The molecule has 1 N–H and O–H groups in total. The molecular weight excluding hydrogens is 316 g/mol. The first-order valence-electron chi connectivity index (χ1n) is 9.60. The van der Waals surface area contributed by atoms with Crippen molar-refractivity contribution in [3.05, 3.63) is 18.3 Å². The Morgan fingerprint density at radius 1 is 1.08 bits per heavy atom. The highest BCUT2D eigenvalue weighted by Gasteiger charge is 2.33. The summed E-state index contributed by atoms with van der Waals surface area (Å²) in [6, 6.07) is 3.60. The molecule has 0 saturated heterocycles. The second kappa shape index (κ2) is 11.9. The Morgan fingerprint density at radius 3 is 2.44 bits per heavy atom. The predicted molar refractivity (Wildman–Crippen MR) is 102 cm³/mol. The van der Waals surface area contributed by atoms with Crippen molar-refractivity contribution < 1.29 is 14.3 Å². The summed E-state index contributed by atoms with van der Waals surface area (Å²) in [6.45, 7) is 9.44. The van der Waals surface area contributed by atoms with E-state index in [9.17, 15) is 4.79 Å². The summed E-state index contributed by atoms with van der Waals surface area (Å²) in [4.78, 5) is 17.0. The molecule has 1 heterocycles. The van der Waals surface area contributed by atoms with Crippen LogP contribution in [0.4, 0.5) is 5.69 Å². The lowest BCUT2D eigenvalue weighted by Crippen LogP contribution is -2.43. The van der Waals surface area contributed by atoms with Crippen LogP contribution in [0.5, 0.6) is 5.88 Å². The lowest BCUT2D eigenvalue weighted by atomic mass is 9.96. The molecule has 142 valence electrons. The number of hydrogen-bond acceptors (Lipinski definition) is 4. The van der Waals surface area contributed by atoms with Crippen molar-refractivity contribution in [1.82, 2.24) is 4.98 Å². The second-order valence-corrected chi connectivity index (χ2v) is 6.58. The molecule has 1 rings (SSSR count). The normalized spacial score (nSPS) is 13.3. The van der Waals surface area contributed by atoms with Crippen LogP contribution in [0.15, 0.2) is 18.3 Å². The molecular formula is C20H34N2O3. The van der Waals surface area contributed by atoms with Crippen LogP contribution < -0.4 is 10.1 Å². The standard InChI is InChI=1S/C20H34N2O3/c1-5-8-10-13-20(4,25-14-7-3)19(23)22-17-11-12-18(21-16-17)24-15-9-6-2/h11-12,16H,5-10,13-15H2,1-4H3,(H,22,23)/t20-/m0/s1. The fourth-order valence-electron chi connectivity index (χ4n) is 2.41. The van der Waals surface area contributed by atoms with E-state index >= 15 is 0 Å². The monoisotopic (exact) mass is 350 g/mol. The smallest absolute Gasteiger partial charge is 0.256 e. The van der Waals surface area contributed by atoms with Crippen LogP contribution in [0, 0.1) is 0 Å². The van der Waals surface area contributed by atoms with Crippen LogP contribution in [0.2, 0.25) is 0 Å². The number of amides is 1. The zero-order valence-electron chi connectivity index (χ0n) is 16.3. The lowest BCUT2D eigenvalue weighted by molar-refractivity contribution is -0.140. The van der Waals surface area contributed by atoms with E-state index in [2.05, 4.69) is 24.1 Å². The lowest BCUT2D eigenvalue weighted by Gasteiger charge is -2.28. The molecule has 0 spiro atoms. The summed E-state index contributed by atoms with van der Waals surface area (Å²) in [5.41, 5.74) is -0.142. The molecule has 25 heavy (non-hydrogen) atoms. The first-order valence-corrected chi connectivity index (χ1v) is 9.60. The number of carbonyl (C=O) groups excluding carboxylic acids is 1. The van der Waals surface area contributed by atoms with E-state index in [0.29, 0.717) is 24.8 Å². The Kier molecular flexibility index (Phi) is 10.2. The van der Waals surface area contributed by atoms with Crippen molar-refractivity contribution in [3.63, 3.8) is 0 Å². The molecule has 0 aliphatic rings. The van der Waals surface area contributed by atoms with E-state index in [1.54, 1.807) is 12.3 Å². The van der Waals surface area contributed by atoms with Crippen molar-refractivity contribution in [1.29, 1.82) is 0 Å². The topological polar surface area (TPSA) is 60.5 Å². The molecule has 0 saturated carbocycles. The fourth-order valence-corrected chi connectivity index (χ4v) is 2.41. The zero-order valence-corrected chi connectivity index (χ0v) is 16.3. The zero-order chi connectivity index (χ0) is 18.5. The molecule has 1 atom stereocenters. The molecule has 0 radical (unpaired) electrons. The van der Waals surface area contributed by atoms with Gasteiger partial charge in [0.1, 0.15) is 5.60 Å². The first-order chi connectivity index (χ1) is 12.1. The Morgan fingerprint density at radius 2 is 1.84 bits per heavy atom. The summed E-state index contributed by atoms with van der Waals surface area (Å²) in [6.07, 6.45) is 8.53. The SMILES string of the molecule is CCCCC[C@](C)(OCCC)C(=O)Nc1ccc(OCCCC)nc1. The average molecular weight is 351 g/mol. The van der Waals surface area contributed by atoms with Gasteiger partial charge in [-0.1, -0.05) is 46.5 Å². The van der Waals surface area contributed by atoms with E-state index in [1.807, 2.05) is 19.9 Å². The fraction of sp³-hybridized carbons (Fsp3) is 0.700. The summed E-state index contributed by atoms with van der Waals surface area (Å²) in [5.74, 6) is 0.470. The number of pyridine rings is 1. The van der Waals surface area contributed by atoms with Gasteiger partial charge in [0.15, 0.2) is 0 Å². The number of hydrogen-bond donors (Lipinski definition) is 1. The van der Waals surface area contributed by atoms with Crippen molar-refractivity contribution in [2.24, 2.45) is 0 Å². The molecule has 1 amide bonds. The van der Waals surface area contributed by atoms with Gasteiger partial charge >= 0.3 is 0 Å². The maximum Gasteiger partial charge on any atom is 0.256 e. The number of anilines is 1. The van der Waals surface area contributed by atoms with Gasteiger partial charge < -0.3 is 14.8 Å². The summed E-state index contributed by atoms with van der Waals surface area (Å²) < 4.78 is 11.4.